The monoisotopic (exact) mass is 282 g/mol. The zero-order valence-corrected chi connectivity index (χ0v) is 12.4. The molecule has 1 atom stereocenters. The Morgan fingerprint density at radius 1 is 1.32 bits per heavy atom. The summed E-state index contributed by atoms with van der Waals surface area (Å²) in [5, 5.41) is 19.6. The van der Waals surface area contributed by atoms with E-state index in [-0.39, 0.29) is 5.92 Å². The maximum absolute atomic E-state index is 10.4. The van der Waals surface area contributed by atoms with Crippen molar-refractivity contribution >= 4 is 11.6 Å². The van der Waals surface area contributed by atoms with E-state index in [0.717, 1.165) is 11.4 Å². The molecule has 0 radical (unpaired) electrons. The Balaban J connectivity index is 2.30. The first-order valence-electron chi connectivity index (χ1n) is 6.29. The van der Waals surface area contributed by atoms with Crippen molar-refractivity contribution in [3.05, 3.63) is 34.4 Å². The van der Waals surface area contributed by atoms with Crippen molar-refractivity contribution in [3.8, 4) is 0 Å². The van der Waals surface area contributed by atoms with Crippen molar-refractivity contribution < 1.29 is 5.11 Å². The minimum absolute atomic E-state index is 0.215. The molecule has 2 heterocycles. The standard InChI is InChI=1S/C13H19ClN4O/c1-8(2)12-11(13(14)18(4)16-12)10(19)7-9-5-6-17(3)15-9/h5-6,8,10,19H,7H2,1-4H3. The maximum atomic E-state index is 10.4. The number of hydrogen-bond donors (Lipinski definition) is 1. The normalized spacial score (nSPS) is 13.2. The molecular weight excluding hydrogens is 264 g/mol. The molecule has 104 valence electrons. The molecule has 0 saturated heterocycles. The van der Waals surface area contributed by atoms with Gasteiger partial charge < -0.3 is 5.11 Å². The fraction of sp³-hybridized carbons (Fsp3) is 0.538. The van der Waals surface area contributed by atoms with Crippen LogP contribution in [0.2, 0.25) is 5.15 Å². The van der Waals surface area contributed by atoms with Crippen molar-refractivity contribution in [3.63, 3.8) is 0 Å². The van der Waals surface area contributed by atoms with Gasteiger partial charge in [-0.05, 0) is 12.0 Å². The van der Waals surface area contributed by atoms with E-state index in [9.17, 15) is 5.11 Å². The van der Waals surface area contributed by atoms with Crippen LogP contribution in [0, 0.1) is 0 Å². The van der Waals surface area contributed by atoms with Crippen LogP contribution >= 0.6 is 11.6 Å². The predicted molar refractivity (Wildman–Crippen MR) is 74.2 cm³/mol. The molecule has 0 aliphatic heterocycles. The van der Waals surface area contributed by atoms with Crippen LogP contribution in [0.3, 0.4) is 0 Å². The molecule has 0 amide bonds. The van der Waals surface area contributed by atoms with Crippen LogP contribution < -0.4 is 0 Å². The molecule has 5 nitrogen and oxygen atoms in total. The molecule has 6 heteroatoms. The third-order valence-electron chi connectivity index (χ3n) is 3.09. The molecular formula is C13H19ClN4O. The minimum Gasteiger partial charge on any atom is -0.388 e. The van der Waals surface area contributed by atoms with E-state index in [1.54, 1.807) is 16.4 Å². The first-order chi connectivity index (χ1) is 8.90. The quantitative estimate of drug-likeness (QED) is 0.935. The Labute approximate surface area is 117 Å². The molecule has 2 aromatic heterocycles. The second-order valence-electron chi connectivity index (χ2n) is 5.07. The number of aliphatic hydroxyl groups excluding tert-OH is 1. The average molecular weight is 283 g/mol. The summed E-state index contributed by atoms with van der Waals surface area (Å²) < 4.78 is 3.32. The van der Waals surface area contributed by atoms with E-state index in [4.69, 9.17) is 11.6 Å². The Bertz CT molecular complexity index is 573. The zero-order chi connectivity index (χ0) is 14.2. The molecule has 0 aromatic carbocycles. The first kappa shape index (κ1) is 14.1. The van der Waals surface area contributed by atoms with Crippen molar-refractivity contribution in [1.29, 1.82) is 0 Å². The number of rotatable bonds is 4. The second kappa shape index (κ2) is 5.35. The van der Waals surface area contributed by atoms with Gasteiger partial charge >= 0.3 is 0 Å². The van der Waals surface area contributed by atoms with E-state index in [1.165, 1.54) is 0 Å². The third kappa shape index (κ3) is 2.82. The lowest BCUT2D eigenvalue weighted by Crippen LogP contribution is -2.06. The van der Waals surface area contributed by atoms with Gasteiger partial charge in [-0.15, -0.1) is 0 Å². The SMILES string of the molecule is CC(C)c1nn(C)c(Cl)c1C(O)Cc1ccn(C)n1. The molecule has 0 aliphatic carbocycles. The molecule has 19 heavy (non-hydrogen) atoms. The number of hydrogen-bond acceptors (Lipinski definition) is 3. The third-order valence-corrected chi connectivity index (χ3v) is 3.54. The lowest BCUT2D eigenvalue weighted by atomic mass is 9.99. The lowest BCUT2D eigenvalue weighted by molar-refractivity contribution is 0.175. The lowest BCUT2D eigenvalue weighted by Gasteiger charge is -2.12. The van der Waals surface area contributed by atoms with Gasteiger partial charge in [0.1, 0.15) is 5.15 Å². The van der Waals surface area contributed by atoms with Gasteiger partial charge in [0.05, 0.1) is 17.5 Å². The zero-order valence-electron chi connectivity index (χ0n) is 11.6. The molecule has 0 spiro atoms. The van der Waals surface area contributed by atoms with E-state index < -0.39 is 6.10 Å². The summed E-state index contributed by atoms with van der Waals surface area (Å²) >= 11 is 6.24. The molecule has 1 unspecified atom stereocenters. The first-order valence-corrected chi connectivity index (χ1v) is 6.66. The number of aliphatic hydroxyl groups is 1. The predicted octanol–water partition coefficient (Wildman–Crippen LogP) is 2.21. The van der Waals surface area contributed by atoms with E-state index >= 15 is 0 Å². The van der Waals surface area contributed by atoms with Crippen molar-refractivity contribution in [1.82, 2.24) is 19.6 Å². The largest absolute Gasteiger partial charge is 0.388 e. The van der Waals surface area contributed by atoms with Gasteiger partial charge in [0.2, 0.25) is 0 Å². The smallest absolute Gasteiger partial charge is 0.132 e. The summed E-state index contributed by atoms with van der Waals surface area (Å²) in [7, 11) is 3.64. The van der Waals surface area contributed by atoms with Crippen LogP contribution in [0.15, 0.2) is 12.3 Å². The number of aryl methyl sites for hydroxylation is 2. The molecule has 1 N–H and O–H groups in total. The summed E-state index contributed by atoms with van der Waals surface area (Å²) in [5.74, 6) is 0.215. The summed E-state index contributed by atoms with van der Waals surface area (Å²) in [6.45, 7) is 4.07. The van der Waals surface area contributed by atoms with Gasteiger partial charge in [0, 0.05) is 32.3 Å². The van der Waals surface area contributed by atoms with E-state index in [0.29, 0.717) is 17.1 Å². The number of aromatic nitrogens is 4. The van der Waals surface area contributed by atoms with Crippen LogP contribution in [0.1, 0.15) is 42.8 Å². The fourth-order valence-corrected chi connectivity index (χ4v) is 2.41. The maximum Gasteiger partial charge on any atom is 0.132 e. The van der Waals surface area contributed by atoms with Gasteiger partial charge in [-0.2, -0.15) is 10.2 Å². The van der Waals surface area contributed by atoms with Gasteiger partial charge in [-0.25, -0.2) is 0 Å². The van der Waals surface area contributed by atoms with Crippen LogP contribution in [0.4, 0.5) is 0 Å². The molecule has 2 aromatic rings. The summed E-state index contributed by atoms with van der Waals surface area (Å²) in [4.78, 5) is 0. The van der Waals surface area contributed by atoms with Gasteiger partial charge in [-0.3, -0.25) is 9.36 Å². The van der Waals surface area contributed by atoms with Crippen LogP contribution in [-0.4, -0.2) is 24.7 Å². The van der Waals surface area contributed by atoms with Gasteiger partial charge in [0.15, 0.2) is 0 Å². The summed E-state index contributed by atoms with van der Waals surface area (Å²) in [5.41, 5.74) is 2.39. The molecule has 2 rings (SSSR count). The second-order valence-corrected chi connectivity index (χ2v) is 5.43. The van der Waals surface area contributed by atoms with E-state index in [2.05, 4.69) is 10.2 Å². The van der Waals surface area contributed by atoms with E-state index in [1.807, 2.05) is 33.2 Å². The Kier molecular flexibility index (Phi) is 3.96. The van der Waals surface area contributed by atoms with Gasteiger partial charge in [0.25, 0.3) is 0 Å². The highest BCUT2D eigenvalue weighted by Crippen LogP contribution is 2.32. The van der Waals surface area contributed by atoms with Crippen molar-refractivity contribution in [2.24, 2.45) is 14.1 Å². The van der Waals surface area contributed by atoms with Crippen LogP contribution in [-0.2, 0) is 20.5 Å². The summed E-state index contributed by atoms with van der Waals surface area (Å²) in [6.07, 6.45) is 1.61. The topological polar surface area (TPSA) is 55.9 Å². The van der Waals surface area contributed by atoms with Crippen LogP contribution in [0.5, 0.6) is 0 Å². The average Bonchev–Trinajstić information content (AvgIpc) is 2.84. The van der Waals surface area contributed by atoms with Gasteiger partial charge in [-0.1, -0.05) is 25.4 Å². The Hall–Kier alpha value is -1.33. The number of halogens is 1. The summed E-state index contributed by atoms with van der Waals surface area (Å²) in [6, 6.07) is 1.89. The van der Waals surface area contributed by atoms with Crippen LogP contribution in [0.25, 0.3) is 0 Å². The Morgan fingerprint density at radius 2 is 2.00 bits per heavy atom. The molecule has 0 aliphatic rings. The fourth-order valence-electron chi connectivity index (χ4n) is 2.15. The number of nitrogens with zero attached hydrogens (tertiary/aromatic N) is 4. The molecule has 0 fully saturated rings. The molecule has 0 bridgehead atoms. The van der Waals surface area contributed by atoms with Crippen molar-refractivity contribution in [2.75, 3.05) is 0 Å². The highest BCUT2D eigenvalue weighted by atomic mass is 35.5. The highest BCUT2D eigenvalue weighted by Gasteiger charge is 2.24. The molecule has 0 saturated carbocycles. The highest BCUT2D eigenvalue weighted by molar-refractivity contribution is 6.30. The Morgan fingerprint density at radius 3 is 2.53 bits per heavy atom. The van der Waals surface area contributed by atoms with Crippen molar-refractivity contribution in [2.45, 2.75) is 32.3 Å². The minimum atomic E-state index is -0.687.